The lowest BCUT2D eigenvalue weighted by Crippen LogP contribution is -2.36. The first-order valence-electron chi connectivity index (χ1n) is 6.78. The third-order valence-corrected chi connectivity index (χ3v) is 2.85. The van der Waals surface area contributed by atoms with Crippen LogP contribution in [0.4, 0.5) is 0 Å². The first-order valence-corrected chi connectivity index (χ1v) is 6.78. The van der Waals surface area contributed by atoms with Crippen molar-refractivity contribution in [3.05, 3.63) is 23.8 Å². The molecule has 0 radical (unpaired) electrons. The van der Waals surface area contributed by atoms with Gasteiger partial charge in [0.15, 0.2) is 6.10 Å². The Labute approximate surface area is 125 Å². The van der Waals surface area contributed by atoms with Crippen LogP contribution in [0.15, 0.2) is 18.2 Å². The van der Waals surface area contributed by atoms with E-state index in [0.717, 1.165) is 5.56 Å². The Morgan fingerprint density at radius 1 is 1.48 bits per heavy atom. The molecule has 5 nitrogen and oxygen atoms in total. The van der Waals surface area contributed by atoms with Gasteiger partial charge in [-0.2, -0.15) is 0 Å². The molecule has 0 bridgehead atoms. The number of ether oxygens (including phenoxy) is 2. The zero-order valence-corrected chi connectivity index (χ0v) is 12.7. The number of amides is 1. The fourth-order valence-electron chi connectivity index (χ4n) is 1.81. The number of hydrogen-bond acceptors (Lipinski definition) is 4. The largest absolute Gasteiger partial charge is 0.497 e. The molecule has 0 aromatic heterocycles. The van der Waals surface area contributed by atoms with Gasteiger partial charge < -0.3 is 20.5 Å². The monoisotopic (exact) mass is 290 g/mol. The van der Waals surface area contributed by atoms with Gasteiger partial charge in [-0.25, -0.2) is 0 Å². The zero-order valence-electron chi connectivity index (χ0n) is 12.7. The number of nitrogens with two attached hydrogens (primary N) is 1. The van der Waals surface area contributed by atoms with Crippen molar-refractivity contribution in [2.75, 3.05) is 13.7 Å². The topological polar surface area (TPSA) is 73.6 Å². The third-order valence-electron chi connectivity index (χ3n) is 2.85. The van der Waals surface area contributed by atoms with Crippen molar-refractivity contribution < 1.29 is 14.3 Å². The molecule has 0 heterocycles. The highest BCUT2D eigenvalue weighted by atomic mass is 16.5. The highest BCUT2D eigenvalue weighted by molar-refractivity contribution is 5.81. The second kappa shape index (κ2) is 8.18. The number of carbonyl (C=O) groups is 1. The highest BCUT2D eigenvalue weighted by Gasteiger charge is 2.17. The van der Waals surface area contributed by atoms with Crippen molar-refractivity contribution in [1.29, 1.82) is 0 Å². The Bertz CT molecular complexity index is 521. The molecule has 0 spiro atoms. The van der Waals surface area contributed by atoms with Gasteiger partial charge in [0.25, 0.3) is 5.91 Å². The Hall–Kier alpha value is -2.19. The molecule has 0 saturated heterocycles. The van der Waals surface area contributed by atoms with E-state index in [1.807, 2.05) is 19.1 Å². The fourth-order valence-corrected chi connectivity index (χ4v) is 1.81. The summed E-state index contributed by atoms with van der Waals surface area (Å²) in [6.07, 6.45) is 5.11. The van der Waals surface area contributed by atoms with Gasteiger partial charge in [0.05, 0.1) is 13.7 Å². The Balaban J connectivity index is 2.88. The third kappa shape index (κ3) is 5.36. The summed E-state index contributed by atoms with van der Waals surface area (Å²) in [6, 6.07) is 5.48. The fraction of sp³-hybridized carbons (Fsp3) is 0.438. The normalized spacial score (nSPS) is 12.9. The zero-order chi connectivity index (χ0) is 15.8. The number of nitrogens with one attached hydrogen (secondary N) is 1. The number of benzene rings is 1. The summed E-state index contributed by atoms with van der Waals surface area (Å²) >= 11 is 0. The maximum Gasteiger partial charge on any atom is 0.261 e. The molecule has 21 heavy (non-hydrogen) atoms. The minimum atomic E-state index is -0.655. The molecule has 0 aliphatic heterocycles. The number of methoxy groups -OCH3 is 1. The molecule has 0 aliphatic rings. The lowest BCUT2D eigenvalue weighted by atomic mass is 10.1. The molecule has 2 atom stereocenters. The minimum Gasteiger partial charge on any atom is -0.497 e. The van der Waals surface area contributed by atoms with Crippen LogP contribution in [0.5, 0.6) is 11.5 Å². The van der Waals surface area contributed by atoms with Crippen LogP contribution >= 0.6 is 0 Å². The SMILES string of the molecule is C#CCNC(=O)C(C)Oc1cc(OC)ccc1CC(C)N. The molecule has 1 amide bonds. The Morgan fingerprint density at radius 3 is 2.76 bits per heavy atom. The summed E-state index contributed by atoms with van der Waals surface area (Å²) in [7, 11) is 1.58. The predicted octanol–water partition coefficient (Wildman–Crippen LogP) is 1.10. The molecule has 1 rings (SSSR count). The van der Waals surface area contributed by atoms with Crippen molar-refractivity contribution in [1.82, 2.24) is 5.32 Å². The van der Waals surface area contributed by atoms with E-state index in [2.05, 4.69) is 11.2 Å². The standard InChI is InChI=1S/C16H22N2O3/c1-5-8-18-16(19)12(3)21-15-10-14(20-4)7-6-13(15)9-11(2)17/h1,6-7,10-12H,8-9,17H2,2-4H3,(H,18,19). The maximum atomic E-state index is 11.8. The molecule has 0 aliphatic carbocycles. The predicted molar refractivity (Wildman–Crippen MR) is 82.3 cm³/mol. The molecule has 1 aromatic carbocycles. The average molecular weight is 290 g/mol. The van der Waals surface area contributed by atoms with Crippen LogP contribution in [-0.2, 0) is 11.2 Å². The van der Waals surface area contributed by atoms with Gasteiger partial charge in [0, 0.05) is 12.1 Å². The summed E-state index contributed by atoms with van der Waals surface area (Å²) in [5, 5.41) is 2.59. The summed E-state index contributed by atoms with van der Waals surface area (Å²) in [6.45, 7) is 3.76. The first-order chi connectivity index (χ1) is 9.97. The summed E-state index contributed by atoms with van der Waals surface area (Å²) < 4.78 is 10.9. The van der Waals surface area contributed by atoms with Crippen molar-refractivity contribution in [2.45, 2.75) is 32.4 Å². The highest BCUT2D eigenvalue weighted by Crippen LogP contribution is 2.26. The first kappa shape index (κ1) is 16.9. The molecule has 0 saturated carbocycles. The second-order valence-electron chi connectivity index (χ2n) is 4.84. The average Bonchev–Trinajstić information content (AvgIpc) is 2.45. The molecule has 3 N–H and O–H groups in total. The minimum absolute atomic E-state index is 0.00804. The van der Waals surface area contributed by atoms with Crippen LogP contribution in [0.3, 0.4) is 0 Å². The van der Waals surface area contributed by atoms with Crippen molar-refractivity contribution in [3.63, 3.8) is 0 Å². The van der Waals surface area contributed by atoms with E-state index in [-0.39, 0.29) is 18.5 Å². The smallest absolute Gasteiger partial charge is 0.261 e. The molecule has 0 fully saturated rings. The van der Waals surface area contributed by atoms with Gasteiger partial charge in [-0.1, -0.05) is 12.0 Å². The molecule has 5 heteroatoms. The van der Waals surface area contributed by atoms with Crippen molar-refractivity contribution >= 4 is 5.91 Å². The van der Waals surface area contributed by atoms with E-state index >= 15 is 0 Å². The van der Waals surface area contributed by atoms with Crippen molar-refractivity contribution in [2.24, 2.45) is 5.73 Å². The lowest BCUT2D eigenvalue weighted by Gasteiger charge is -2.18. The van der Waals surface area contributed by atoms with E-state index in [0.29, 0.717) is 17.9 Å². The van der Waals surface area contributed by atoms with Gasteiger partial charge in [-0.3, -0.25) is 4.79 Å². The molecular weight excluding hydrogens is 268 g/mol. The van der Waals surface area contributed by atoms with E-state index in [1.54, 1.807) is 20.1 Å². The summed E-state index contributed by atoms with van der Waals surface area (Å²) in [5.41, 5.74) is 6.76. The molecule has 2 unspecified atom stereocenters. The van der Waals surface area contributed by atoms with Gasteiger partial charge in [-0.15, -0.1) is 6.42 Å². The lowest BCUT2D eigenvalue weighted by molar-refractivity contribution is -0.127. The second-order valence-corrected chi connectivity index (χ2v) is 4.84. The van der Waals surface area contributed by atoms with Crippen LogP contribution in [0.1, 0.15) is 19.4 Å². The number of terminal acetylenes is 1. The Kier molecular flexibility index (Phi) is 6.57. The molecule has 1 aromatic rings. The van der Waals surface area contributed by atoms with Crippen molar-refractivity contribution in [3.8, 4) is 23.8 Å². The van der Waals surface area contributed by atoms with E-state index < -0.39 is 6.10 Å². The van der Waals surface area contributed by atoms with Gasteiger partial charge >= 0.3 is 0 Å². The van der Waals surface area contributed by atoms with E-state index in [9.17, 15) is 4.79 Å². The van der Waals surface area contributed by atoms with Crippen LogP contribution in [0.25, 0.3) is 0 Å². The van der Waals surface area contributed by atoms with Crippen LogP contribution in [0.2, 0.25) is 0 Å². The van der Waals surface area contributed by atoms with Crippen LogP contribution < -0.4 is 20.5 Å². The molecular formula is C16H22N2O3. The Morgan fingerprint density at radius 2 is 2.19 bits per heavy atom. The van der Waals surface area contributed by atoms with E-state index in [4.69, 9.17) is 21.6 Å². The number of carbonyl (C=O) groups excluding carboxylic acids is 1. The number of hydrogen-bond donors (Lipinski definition) is 2. The van der Waals surface area contributed by atoms with Gasteiger partial charge in [0.2, 0.25) is 0 Å². The van der Waals surface area contributed by atoms with Gasteiger partial charge in [-0.05, 0) is 31.9 Å². The quantitative estimate of drug-likeness (QED) is 0.738. The molecule has 114 valence electrons. The van der Waals surface area contributed by atoms with Crippen LogP contribution in [-0.4, -0.2) is 31.7 Å². The summed E-state index contributed by atoms with van der Waals surface area (Å²) in [4.78, 5) is 11.8. The maximum absolute atomic E-state index is 11.8. The number of rotatable bonds is 7. The van der Waals surface area contributed by atoms with Gasteiger partial charge in [0.1, 0.15) is 11.5 Å². The summed E-state index contributed by atoms with van der Waals surface area (Å²) in [5.74, 6) is 3.34. The van der Waals surface area contributed by atoms with E-state index in [1.165, 1.54) is 0 Å². The van der Waals surface area contributed by atoms with Crippen LogP contribution in [0, 0.1) is 12.3 Å².